The number of fused-ring (bicyclic) bond motifs is 1. The van der Waals surface area contributed by atoms with Crippen LogP contribution in [0.4, 0.5) is 28.7 Å². The van der Waals surface area contributed by atoms with Gasteiger partial charge < -0.3 is 15.3 Å². The van der Waals surface area contributed by atoms with Gasteiger partial charge in [0.1, 0.15) is 16.3 Å². The van der Waals surface area contributed by atoms with Gasteiger partial charge in [0.2, 0.25) is 5.82 Å². The van der Waals surface area contributed by atoms with Gasteiger partial charge >= 0.3 is 27.2 Å². The number of nitro benzene ring substituents is 1. The average Bonchev–Trinajstić information content (AvgIpc) is 3.40. The molecule has 0 saturated carbocycles. The number of hydrogen-bond donors (Lipinski definition) is 5. The van der Waals surface area contributed by atoms with Crippen molar-refractivity contribution in [3.63, 3.8) is 0 Å². The van der Waals surface area contributed by atoms with E-state index in [1.807, 2.05) is 0 Å². The van der Waals surface area contributed by atoms with Crippen LogP contribution in [0.1, 0.15) is 10.6 Å². The molecular weight excluding hydrogens is 740 g/mol. The predicted octanol–water partition coefficient (Wildman–Crippen LogP) is 2.04. The standard InChI is InChI=1S/C19H12N8O9S.Cu.2O3S/c28-15-11(22-25-19-20-17(18(30)31)24-26-19)6-1-8-7-12(37(34,35)36)14(16(29)13(8)15)23-21-9-2-4-10(5-3-9)27(32)33;;2*1-4(2)3/h1-7,28-29H,(H,30,31)(H,20,24,26)(H,34,35,36);;;. The Morgan fingerprint density at radius 1 is 0.870 bits per heavy atom. The minimum atomic E-state index is -4.94. The number of carboxylic acid groups (broad SMARTS) is 1. The first kappa shape index (κ1) is 38.4. The van der Waals surface area contributed by atoms with Crippen LogP contribution in [0.3, 0.4) is 0 Å². The van der Waals surface area contributed by atoms with Crippen LogP contribution in [0, 0.1) is 10.1 Å². The normalized spacial score (nSPS) is 10.7. The Labute approximate surface area is 266 Å². The summed E-state index contributed by atoms with van der Waals surface area (Å²) in [6.45, 7) is 0. The van der Waals surface area contributed by atoms with Gasteiger partial charge in [0.15, 0.2) is 11.5 Å². The summed E-state index contributed by atoms with van der Waals surface area (Å²) in [5.74, 6) is -3.77. The van der Waals surface area contributed by atoms with Crippen LogP contribution >= 0.6 is 0 Å². The molecule has 0 spiro atoms. The van der Waals surface area contributed by atoms with Crippen molar-refractivity contribution in [3.8, 4) is 11.5 Å². The molecule has 247 valence electrons. The van der Waals surface area contributed by atoms with Crippen LogP contribution < -0.4 is 0 Å². The fourth-order valence-electron chi connectivity index (χ4n) is 3.03. The molecule has 0 fully saturated rings. The minimum absolute atomic E-state index is 0. The van der Waals surface area contributed by atoms with Crippen molar-refractivity contribution >= 4 is 76.8 Å². The largest absolute Gasteiger partial charge is 0.505 e. The second-order valence-corrected chi connectivity index (χ2v) is 9.67. The summed E-state index contributed by atoms with van der Waals surface area (Å²) in [5, 5.41) is 62.3. The van der Waals surface area contributed by atoms with E-state index in [-0.39, 0.29) is 50.9 Å². The van der Waals surface area contributed by atoms with E-state index < -0.39 is 70.1 Å². The summed E-state index contributed by atoms with van der Waals surface area (Å²) < 4.78 is 84.2. The van der Waals surface area contributed by atoms with Gasteiger partial charge in [0, 0.05) is 29.2 Å². The van der Waals surface area contributed by atoms with Crippen molar-refractivity contribution in [2.75, 3.05) is 0 Å². The molecule has 5 N–H and O–H groups in total. The number of aromatic amines is 1. The molecule has 0 aliphatic heterocycles. The molecule has 0 aliphatic carbocycles. The number of H-pyrrole nitrogens is 1. The molecule has 1 radical (unpaired) electrons. The van der Waals surface area contributed by atoms with Crippen LogP contribution in [-0.2, 0) is 48.4 Å². The summed E-state index contributed by atoms with van der Waals surface area (Å²) in [6, 6.07) is 8.03. The van der Waals surface area contributed by atoms with Crippen molar-refractivity contribution in [1.29, 1.82) is 0 Å². The molecule has 1 heterocycles. The summed E-state index contributed by atoms with van der Waals surface area (Å²) in [6.07, 6.45) is 0. The first-order valence-electron chi connectivity index (χ1n) is 10.7. The number of nitrogens with zero attached hydrogens (tertiary/aromatic N) is 7. The number of carbonyl (C=O) groups is 1. The van der Waals surface area contributed by atoms with Crippen molar-refractivity contribution in [2.45, 2.75) is 4.90 Å². The number of non-ortho nitro benzene ring substituents is 1. The molecule has 0 unspecified atom stereocenters. The fraction of sp³-hybridized carbons (Fsp3) is 0. The Bertz CT molecular complexity index is 2150. The molecule has 4 rings (SSSR count). The number of aromatic nitrogens is 3. The smallest absolute Gasteiger partial charge is 0.425 e. The summed E-state index contributed by atoms with van der Waals surface area (Å²) >= 11 is 0. The van der Waals surface area contributed by atoms with E-state index in [1.54, 1.807) is 0 Å². The summed E-state index contributed by atoms with van der Waals surface area (Å²) in [5.41, 5.74) is -1.17. The predicted molar refractivity (Wildman–Crippen MR) is 141 cm³/mol. The Hall–Kier alpha value is -5.60. The first-order valence-corrected chi connectivity index (χ1v) is 14.1. The topological polar surface area (TPSA) is 369 Å². The van der Waals surface area contributed by atoms with Crippen molar-refractivity contribution < 1.29 is 80.3 Å². The fourth-order valence-corrected chi connectivity index (χ4v) is 3.69. The van der Waals surface area contributed by atoms with E-state index in [9.17, 15) is 38.1 Å². The summed E-state index contributed by atoms with van der Waals surface area (Å²) in [7, 11) is -11.2. The number of benzene rings is 3. The second kappa shape index (κ2) is 16.5. The van der Waals surface area contributed by atoms with Crippen molar-refractivity contribution in [1.82, 2.24) is 15.2 Å². The number of carboxylic acids is 1. The van der Waals surface area contributed by atoms with Crippen LogP contribution in [0.25, 0.3) is 10.8 Å². The van der Waals surface area contributed by atoms with E-state index in [0.29, 0.717) is 0 Å². The third-order valence-corrected chi connectivity index (χ3v) is 5.57. The Kier molecular flexibility index (Phi) is 13.8. The third-order valence-electron chi connectivity index (χ3n) is 4.70. The monoisotopic (exact) mass is 751 g/mol. The molecule has 0 atom stereocenters. The number of aromatic carboxylic acids is 1. The number of aromatic hydroxyl groups is 2. The second-order valence-electron chi connectivity index (χ2n) is 7.46. The van der Waals surface area contributed by atoms with Crippen LogP contribution in [0.15, 0.2) is 67.8 Å². The van der Waals surface area contributed by atoms with Crippen LogP contribution in [-0.4, -0.2) is 79.6 Å². The van der Waals surface area contributed by atoms with Gasteiger partial charge in [-0.15, -0.1) is 50.8 Å². The van der Waals surface area contributed by atoms with Gasteiger partial charge in [-0.25, -0.2) is 4.79 Å². The maximum absolute atomic E-state index is 12.0. The number of hydrogen-bond acceptors (Lipinski definition) is 19. The molecule has 0 aliphatic rings. The zero-order chi connectivity index (χ0) is 34.1. The summed E-state index contributed by atoms with van der Waals surface area (Å²) in [4.78, 5) is 22.4. The minimum Gasteiger partial charge on any atom is -0.505 e. The number of rotatable bonds is 7. The molecule has 0 amide bonds. The van der Waals surface area contributed by atoms with Crippen molar-refractivity contribution in [3.05, 3.63) is 58.4 Å². The van der Waals surface area contributed by atoms with Crippen LogP contribution in [0.2, 0.25) is 0 Å². The van der Waals surface area contributed by atoms with Gasteiger partial charge in [0.05, 0.1) is 16.0 Å². The zero-order valence-electron chi connectivity index (χ0n) is 21.5. The van der Waals surface area contributed by atoms with Gasteiger partial charge in [-0.2, -0.15) is 13.5 Å². The third kappa shape index (κ3) is 10.8. The molecule has 0 bridgehead atoms. The van der Waals surface area contributed by atoms with Crippen molar-refractivity contribution in [2.24, 2.45) is 20.5 Å². The Balaban J connectivity index is 0.00000106. The number of nitrogens with one attached hydrogen (secondary N) is 1. The molecule has 1 aromatic heterocycles. The molecule has 0 saturated heterocycles. The molecule has 46 heavy (non-hydrogen) atoms. The van der Waals surface area contributed by atoms with E-state index >= 15 is 0 Å². The maximum Gasteiger partial charge on any atom is 0.425 e. The Morgan fingerprint density at radius 2 is 1.43 bits per heavy atom. The van der Waals surface area contributed by atoms with E-state index in [2.05, 4.69) is 35.6 Å². The number of phenols is 2. The molecule has 3 aromatic carbocycles. The quantitative estimate of drug-likeness (QED) is 0.0592. The van der Waals surface area contributed by atoms with E-state index in [4.69, 9.17) is 30.4 Å². The maximum atomic E-state index is 12.0. The van der Waals surface area contributed by atoms with E-state index in [0.717, 1.165) is 18.2 Å². The SMILES string of the molecule is O=C(O)c1nnc(N=Nc2ccc3cc(S(=O)(=O)O)c(N=Nc4ccc([N+](=O)[O-])cc4)c(O)c3c2O)[nH]1.O=S(=O)=O.O=S(=O)=O.[Cu]. The number of nitro groups is 1. The number of phenolic OH excluding ortho intramolecular Hbond substituents is 2. The zero-order valence-corrected chi connectivity index (χ0v) is 24.9. The van der Waals surface area contributed by atoms with E-state index in [1.165, 1.54) is 24.3 Å². The van der Waals surface area contributed by atoms with Gasteiger partial charge in [0.25, 0.3) is 21.8 Å². The molecule has 23 nitrogen and oxygen atoms in total. The Morgan fingerprint density at radius 3 is 1.91 bits per heavy atom. The molecule has 27 heteroatoms. The average molecular weight is 752 g/mol. The molecular formula is C19H12CuN8O15S3. The van der Waals surface area contributed by atoms with Gasteiger partial charge in [-0.05, 0) is 29.7 Å². The molecule has 4 aromatic rings. The number of azo groups is 2. The van der Waals surface area contributed by atoms with Gasteiger partial charge in [-0.3, -0.25) is 19.7 Å². The van der Waals surface area contributed by atoms with Gasteiger partial charge in [-0.1, -0.05) is 6.07 Å². The first-order chi connectivity index (χ1) is 20.9. The van der Waals surface area contributed by atoms with Crippen LogP contribution in [0.5, 0.6) is 11.5 Å².